The van der Waals surface area contributed by atoms with Crippen LogP contribution in [0.2, 0.25) is 0 Å². The molecule has 1 aromatic heterocycles. The van der Waals surface area contributed by atoms with E-state index in [9.17, 15) is 0 Å². The highest BCUT2D eigenvalue weighted by atomic mass is 16.5. The molecule has 20 heavy (non-hydrogen) atoms. The molecule has 0 saturated carbocycles. The minimum absolute atomic E-state index is 0.137. The van der Waals surface area contributed by atoms with Crippen molar-refractivity contribution in [2.45, 2.75) is 32.6 Å². The Kier molecular flexibility index (Phi) is 4.82. The van der Waals surface area contributed by atoms with E-state index in [0.29, 0.717) is 6.61 Å². The number of nitrogens with two attached hydrogens (primary N) is 1. The van der Waals surface area contributed by atoms with Crippen molar-refractivity contribution >= 4 is 0 Å². The first-order valence-electron chi connectivity index (χ1n) is 6.70. The summed E-state index contributed by atoms with van der Waals surface area (Å²) in [5, 5.41) is 0. The van der Waals surface area contributed by atoms with Crippen molar-refractivity contribution in [2.75, 3.05) is 7.11 Å². The molecule has 0 amide bonds. The summed E-state index contributed by atoms with van der Waals surface area (Å²) in [6, 6.07) is 11.2. The third-order valence-corrected chi connectivity index (χ3v) is 2.86. The predicted molar refractivity (Wildman–Crippen MR) is 77.7 cm³/mol. The Morgan fingerprint density at radius 1 is 1.20 bits per heavy atom. The van der Waals surface area contributed by atoms with Gasteiger partial charge in [-0.3, -0.25) is 0 Å². The van der Waals surface area contributed by atoms with Gasteiger partial charge < -0.3 is 19.6 Å². The van der Waals surface area contributed by atoms with E-state index in [4.69, 9.17) is 19.6 Å². The number of rotatable bonds is 6. The van der Waals surface area contributed by atoms with E-state index in [1.165, 1.54) is 0 Å². The van der Waals surface area contributed by atoms with Crippen molar-refractivity contribution in [3.05, 3.63) is 53.5 Å². The van der Waals surface area contributed by atoms with E-state index >= 15 is 0 Å². The van der Waals surface area contributed by atoms with Crippen LogP contribution < -0.4 is 10.5 Å². The van der Waals surface area contributed by atoms with Crippen LogP contribution in [0.15, 0.2) is 40.8 Å². The molecule has 0 spiro atoms. The third-order valence-electron chi connectivity index (χ3n) is 2.86. The maximum absolute atomic E-state index is 6.24. The lowest BCUT2D eigenvalue weighted by Gasteiger charge is -2.13. The highest BCUT2D eigenvalue weighted by Gasteiger charge is 2.14. The number of hydrogen-bond acceptors (Lipinski definition) is 4. The van der Waals surface area contributed by atoms with Crippen molar-refractivity contribution in [1.82, 2.24) is 0 Å². The Balaban J connectivity index is 2.16. The number of hydrogen-bond donors (Lipinski definition) is 1. The Morgan fingerprint density at radius 2 is 2.00 bits per heavy atom. The summed E-state index contributed by atoms with van der Waals surface area (Å²) in [6.07, 6.45) is 0.137. The topological polar surface area (TPSA) is 57.6 Å². The molecular formula is C16H21NO3. The van der Waals surface area contributed by atoms with Gasteiger partial charge in [-0.25, -0.2) is 0 Å². The number of furan rings is 1. The van der Waals surface area contributed by atoms with Crippen LogP contribution in [0.3, 0.4) is 0 Å². The lowest BCUT2D eigenvalue weighted by atomic mass is 10.1. The van der Waals surface area contributed by atoms with Crippen molar-refractivity contribution in [3.8, 4) is 5.75 Å². The summed E-state index contributed by atoms with van der Waals surface area (Å²) < 4.78 is 16.4. The zero-order valence-electron chi connectivity index (χ0n) is 12.1. The first kappa shape index (κ1) is 14.6. The molecule has 0 radical (unpaired) electrons. The highest BCUT2D eigenvalue weighted by Crippen LogP contribution is 2.25. The fraction of sp³-hybridized carbons (Fsp3) is 0.375. The maximum Gasteiger partial charge on any atom is 0.129 e. The lowest BCUT2D eigenvalue weighted by molar-refractivity contribution is 0.162. The lowest BCUT2D eigenvalue weighted by Crippen LogP contribution is -2.12. The number of methoxy groups -OCH3 is 1. The molecule has 0 bridgehead atoms. The highest BCUT2D eigenvalue weighted by molar-refractivity contribution is 5.34. The van der Waals surface area contributed by atoms with Crippen LogP contribution in [0.1, 0.15) is 37.0 Å². The fourth-order valence-corrected chi connectivity index (χ4v) is 2.00. The van der Waals surface area contributed by atoms with Crippen LogP contribution in [-0.2, 0) is 11.3 Å². The largest absolute Gasteiger partial charge is 0.491 e. The molecule has 0 aliphatic heterocycles. The van der Waals surface area contributed by atoms with E-state index in [1.54, 1.807) is 7.11 Å². The monoisotopic (exact) mass is 275 g/mol. The van der Waals surface area contributed by atoms with Crippen molar-refractivity contribution in [2.24, 2.45) is 5.73 Å². The summed E-state index contributed by atoms with van der Waals surface area (Å²) >= 11 is 0. The molecule has 1 heterocycles. The first-order chi connectivity index (χ1) is 9.60. The molecule has 1 unspecified atom stereocenters. The average molecular weight is 275 g/mol. The van der Waals surface area contributed by atoms with Gasteiger partial charge in [0.25, 0.3) is 0 Å². The molecule has 2 rings (SSSR count). The molecule has 2 N–H and O–H groups in total. The number of ether oxygens (including phenoxy) is 2. The van der Waals surface area contributed by atoms with Crippen molar-refractivity contribution in [1.29, 1.82) is 0 Å². The van der Waals surface area contributed by atoms with Crippen molar-refractivity contribution < 1.29 is 13.9 Å². The van der Waals surface area contributed by atoms with Gasteiger partial charge in [-0.2, -0.15) is 0 Å². The SMILES string of the molecule is COCc1ccc(C(N)c2cccc(OC(C)C)c2)o1. The van der Waals surface area contributed by atoms with Crippen LogP contribution in [0, 0.1) is 0 Å². The van der Waals surface area contributed by atoms with E-state index in [0.717, 1.165) is 22.8 Å². The second-order valence-corrected chi connectivity index (χ2v) is 4.95. The molecule has 108 valence electrons. The summed E-state index contributed by atoms with van der Waals surface area (Å²) in [7, 11) is 1.63. The molecular weight excluding hydrogens is 254 g/mol. The Bertz CT molecular complexity index is 548. The molecule has 0 fully saturated rings. The van der Waals surface area contributed by atoms with Gasteiger partial charge in [0.15, 0.2) is 0 Å². The number of benzene rings is 1. The van der Waals surface area contributed by atoms with Gasteiger partial charge in [0.2, 0.25) is 0 Å². The molecule has 1 aromatic carbocycles. The molecule has 1 atom stereocenters. The zero-order chi connectivity index (χ0) is 14.5. The Labute approximate surface area is 119 Å². The minimum atomic E-state index is -0.309. The van der Waals surface area contributed by atoms with Crippen LogP contribution in [0.25, 0.3) is 0 Å². The van der Waals surface area contributed by atoms with Gasteiger partial charge in [-0.1, -0.05) is 12.1 Å². The van der Waals surface area contributed by atoms with E-state index < -0.39 is 0 Å². The van der Waals surface area contributed by atoms with Crippen LogP contribution in [-0.4, -0.2) is 13.2 Å². The molecule has 0 aliphatic rings. The van der Waals surface area contributed by atoms with E-state index in [2.05, 4.69) is 0 Å². The van der Waals surface area contributed by atoms with Gasteiger partial charge in [-0.05, 0) is 43.7 Å². The first-order valence-corrected chi connectivity index (χ1v) is 6.70. The van der Waals surface area contributed by atoms with Gasteiger partial charge in [0, 0.05) is 7.11 Å². The predicted octanol–water partition coefficient (Wildman–Crippen LogP) is 3.26. The summed E-state index contributed by atoms with van der Waals surface area (Å²) in [5.41, 5.74) is 7.20. The fourth-order valence-electron chi connectivity index (χ4n) is 2.00. The van der Waals surface area contributed by atoms with Gasteiger partial charge in [0.05, 0.1) is 12.1 Å². The summed E-state index contributed by atoms with van der Waals surface area (Å²) in [4.78, 5) is 0. The normalized spacial score (nSPS) is 12.7. The molecule has 2 aromatic rings. The average Bonchev–Trinajstić information content (AvgIpc) is 2.86. The standard InChI is InChI=1S/C16H21NO3/c1-11(2)19-13-6-4-5-12(9-13)16(17)15-8-7-14(20-15)10-18-3/h4-9,11,16H,10,17H2,1-3H3. The van der Waals surface area contributed by atoms with Crippen LogP contribution in [0.4, 0.5) is 0 Å². The zero-order valence-corrected chi connectivity index (χ0v) is 12.1. The quantitative estimate of drug-likeness (QED) is 0.879. The Morgan fingerprint density at radius 3 is 2.70 bits per heavy atom. The smallest absolute Gasteiger partial charge is 0.129 e. The van der Waals surface area contributed by atoms with Crippen LogP contribution in [0.5, 0.6) is 5.75 Å². The van der Waals surface area contributed by atoms with Crippen LogP contribution >= 0.6 is 0 Å². The maximum atomic E-state index is 6.24. The van der Waals surface area contributed by atoms with Gasteiger partial charge in [-0.15, -0.1) is 0 Å². The second-order valence-electron chi connectivity index (χ2n) is 4.95. The minimum Gasteiger partial charge on any atom is -0.491 e. The van der Waals surface area contributed by atoms with E-state index in [1.807, 2.05) is 50.2 Å². The molecule has 0 saturated heterocycles. The van der Waals surface area contributed by atoms with Gasteiger partial charge in [0.1, 0.15) is 23.9 Å². The summed E-state index contributed by atoms with van der Waals surface area (Å²) in [5.74, 6) is 2.31. The Hall–Kier alpha value is -1.78. The van der Waals surface area contributed by atoms with Gasteiger partial charge >= 0.3 is 0 Å². The van der Waals surface area contributed by atoms with E-state index in [-0.39, 0.29) is 12.1 Å². The molecule has 4 heteroatoms. The van der Waals surface area contributed by atoms with Crippen molar-refractivity contribution in [3.63, 3.8) is 0 Å². The second kappa shape index (κ2) is 6.59. The molecule has 4 nitrogen and oxygen atoms in total. The summed E-state index contributed by atoms with van der Waals surface area (Å²) in [6.45, 7) is 4.44. The third kappa shape index (κ3) is 3.62. The molecule has 0 aliphatic carbocycles.